The fraction of sp³-hybridized carbons (Fsp3) is 0.588. The van der Waals surface area contributed by atoms with Gasteiger partial charge in [0.2, 0.25) is 15.9 Å². The molecule has 1 saturated heterocycles. The van der Waals surface area contributed by atoms with Crippen molar-refractivity contribution in [2.45, 2.75) is 30.7 Å². The Labute approximate surface area is 161 Å². The summed E-state index contributed by atoms with van der Waals surface area (Å²) in [5.74, 6) is -0.0183. The molecule has 1 fully saturated rings. The van der Waals surface area contributed by atoms with Crippen molar-refractivity contribution < 1.29 is 17.9 Å². The molecule has 1 aliphatic rings. The van der Waals surface area contributed by atoms with Crippen LogP contribution < -0.4 is 15.4 Å². The van der Waals surface area contributed by atoms with Crippen molar-refractivity contribution in [1.29, 1.82) is 0 Å². The molecule has 1 unspecified atom stereocenters. The van der Waals surface area contributed by atoms with Crippen LogP contribution in [0.4, 0.5) is 0 Å². The van der Waals surface area contributed by atoms with Crippen LogP contribution in [0.1, 0.15) is 31.4 Å². The number of ether oxygens (including phenoxy) is 1. The first-order valence-electron chi connectivity index (χ1n) is 8.39. The SMILES string of the molecule is CNS(=O)(=O)c1ccc(C(C)NC(=O)C2(COC)CCNCC2)cc1.Cl. The maximum atomic E-state index is 12.8. The number of sulfonamides is 1. The summed E-state index contributed by atoms with van der Waals surface area (Å²) in [4.78, 5) is 13.0. The van der Waals surface area contributed by atoms with Gasteiger partial charge in [-0.2, -0.15) is 0 Å². The first kappa shape index (κ1) is 22.9. The molecule has 148 valence electrons. The summed E-state index contributed by atoms with van der Waals surface area (Å²) in [6, 6.07) is 6.31. The average Bonchev–Trinajstić information content (AvgIpc) is 2.62. The minimum atomic E-state index is -3.46. The minimum absolute atomic E-state index is 0. The summed E-state index contributed by atoms with van der Waals surface area (Å²) >= 11 is 0. The zero-order valence-electron chi connectivity index (χ0n) is 15.4. The summed E-state index contributed by atoms with van der Waals surface area (Å²) in [5, 5.41) is 6.32. The molecular formula is C17H28ClN3O4S. The van der Waals surface area contributed by atoms with Gasteiger partial charge in [0.05, 0.1) is 23.0 Å². The van der Waals surface area contributed by atoms with E-state index in [1.165, 1.54) is 7.05 Å². The van der Waals surface area contributed by atoms with Crippen molar-refractivity contribution in [3.8, 4) is 0 Å². The van der Waals surface area contributed by atoms with Crippen LogP contribution in [0.2, 0.25) is 0 Å². The molecule has 1 atom stereocenters. The Kier molecular flexibility index (Phi) is 8.49. The van der Waals surface area contributed by atoms with Gasteiger partial charge < -0.3 is 15.4 Å². The predicted octanol–water partition coefficient (Wildman–Crippen LogP) is 1.21. The van der Waals surface area contributed by atoms with E-state index in [1.807, 2.05) is 6.92 Å². The number of rotatable bonds is 7. The van der Waals surface area contributed by atoms with Gasteiger partial charge in [-0.15, -0.1) is 12.4 Å². The van der Waals surface area contributed by atoms with Crippen LogP contribution in [0.25, 0.3) is 0 Å². The van der Waals surface area contributed by atoms with E-state index in [-0.39, 0.29) is 29.3 Å². The third-order valence-corrected chi connectivity index (χ3v) is 6.20. The topological polar surface area (TPSA) is 96.5 Å². The molecule has 0 spiro atoms. The van der Waals surface area contributed by atoms with Crippen LogP contribution in [0.5, 0.6) is 0 Å². The molecule has 2 rings (SSSR count). The largest absolute Gasteiger partial charge is 0.384 e. The summed E-state index contributed by atoms with van der Waals surface area (Å²) in [7, 11) is -0.471. The number of carbonyl (C=O) groups is 1. The van der Waals surface area contributed by atoms with Gasteiger partial charge >= 0.3 is 0 Å². The second-order valence-corrected chi connectivity index (χ2v) is 8.32. The molecule has 0 aromatic heterocycles. The molecule has 0 aliphatic carbocycles. The smallest absolute Gasteiger partial charge is 0.240 e. The fourth-order valence-corrected chi connectivity index (χ4v) is 3.84. The molecular weight excluding hydrogens is 378 g/mol. The van der Waals surface area contributed by atoms with Crippen LogP contribution in [-0.4, -0.2) is 48.2 Å². The number of amides is 1. The molecule has 9 heteroatoms. The highest BCUT2D eigenvalue weighted by Crippen LogP contribution is 2.30. The molecule has 26 heavy (non-hydrogen) atoms. The zero-order valence-corrected chi connectivity index (χ0v) is 17.0. The number of methoxy groups -OCH3 is 1. The first-order valence-corrected chi connectivity index (χ1v) is 9.87. The Morgan fingerprint density at radius 1 is 1.27 bits per heavy atom. The molecule has 0 radical (unpaired) electrons. The monoisotopic (exact) mass is 405 g/mol. The van der Waals surface area contributed by atoms with E-state index in [0.29, 0.717) is 6.61 Å². The molecule has 1 aromatic rings. The Balaban J connectivity index is 0.00000338. The summed E-state index contributed by atoms with van der Waals surface area (Å²) in [6.45, 7) is 3.87. The van der Waals surface area contributed by atoms with Crippen molar-refractivity contribution in [2.75, 3.05) is 33.9 Å². The highest BCUT2D eigenvalue weighted by molar-refractivity contribution is 7.89. The molecule has 1 amide bonds. The van der Waals surface area contributed by atoms with Crippen LogP contribution in [0.15, 0.2) is 29.2 Å². The van der Waals surface area contributed by atoms with E-state index in [2.05, 4.69) is 15.4 Å². The maximum absolute atomic E-state index is 12.8. The van der Waals surface area contributed by atoms with Gasteiger partial charge in [-0.25, -0.2) is 13.1 Å². The van der Waals surface area contributed by atoms with Crippen LogP contribution >= 0.6 is 12.4 Å². The van der Waals surface area contributed by atoms with Gasteiger partial charge in [-0.1, -0.05) is 12.1 Å². The predicted molar refractivity (Wildman–Crippen MR) is 103 cm³/mol. The minimum Gasteiger partial charge on any atom is -0.384 e. The molecule has 1 heterocycles. The van der Waals surface area contributed by atoms with E-state index < -0.39 is 15.4 Å². The van der Waals surface area contributed by atoms with E-state index in [9.17, 15) is 13.2 Å². The molecule has 3 N–H and O–H groups in total. The Hall–Kier alpha value is -1.19. The number of hydrogen-bond acceptors (Lipinski definition) is 5. The van der Waals surface area contributed by atoms with Crippen LogP contribution in [0.3, 0.4) is 0 Å². The number of carbonyl (C=O) groups excluding carboxylic acids is 1. The number of nitrogens with one attached hydrogen (secondary N) is 3. The summed E-state index contributed by atoms with van der Waals surface area (Å²) in [5.41, 5.74) is 0.342. The zero-order chi connectivity index (χ0) is 18.5. The third-order valence-electron chi connectivity index (χ3n) is 4.77. The second-order valence-electron chi connectivity index (χ2n) is 6.44. The van der Waals surface area contributed by atoms with E-state index in [4.69, 9.17) is 4.74 Å². The van der Waals surface area contributed by atoms with Crippen molar-refractivity contribution >= 4 is 28.3 Å². The second kappa shape index (κ2) is 9.66. The number of benzene rings is 1. The van der Waals surface area contributed by atoms with Gasteiger partial charge in [-0.05, 0) is 57.6 Å². The highest BCUT2D eigenvalue weighted by Gasteiger charge is 2.40. The van der Waals surface area contributed by atoms with Crippen LogP contribution in [0, 0.1) is 5.41 Å². The van der Waals surface area contributed by atoms with Crippen molar-refractivity contribution in [2.24, 2.45) is 5.41 Å². The number of hydrogen-bond donors (Lipinski definition) is 3. The molecule has 1 aliphatic heterocycles. The summed E-state index contributed by atoms with van der Waals surface area (Å²) < 4.78 is 31.1. The van der Waals surface area contributed by atoms with E-state index >= 15 is 0 Å². The maximum Gasteiger partial charge on any atom is 0.240 e. The lowest BCUT2D eigenvalue weighted by atomic mass is 9.78. The lowest BCUT2D eigenvalue weighted by Crippen LogP contribution is -2.50. The van der Waals surface area contributed by atoms with Crippen molar-refractivity contribution in [3.05, 3.63) is 29.8 Å². The van der Waals surface area contributed by atoms with E-state index in [1.54, 1.807) is 31.4 Å². The number of halogens is 1. The molecule has 1 aromatic carbocycles. The normalized spacial score (nSPS) is 17.8. The average molecular weight is 406 g/mol. The van der Waals surface area contributed by atoms with Gasteiger partial charge in [0.15, 0.2) is 0 Å². The van der Waals surface area contributed by atoms with Crippen molar-refractivity contribution in [1.82, 2.24) is 15.4 Å². The lowest BCUT2D eigenvalue weighted by Gasteiger charge is -2.36. The van der Waals surface area contributed by atoms with Gasteiger partial charge in [-0.3, -0.25) is 4.79 Å². The highest BCUT2D eigenvalue weighted by atomic mass is 35.5. The molecule has 0 saturated carbocycles. The van der Waals surface area contributed by atoms with Gasteiger partial charge in [0, 0.05) is 7.11 Å². The van der Waals surface area contributed by atoms with Gasteiger partial charge in [0.25, 0.3) is 0 Å². The third kappa shape index (κ3) is 5.17. The standard InChI is InChI=1S/C17H27N3O4S.ClH/c1-13(14-4-6-15(7-5-14)25(22,23)18-2)20-16(21)17(12-24-3)8-10-19-11-9-17;/h4-7,13,18-19H,8-12H2,1-3H3,(H,20,21);1H. The first-order chi connectivity index (χ1) is 11.8. The molecule has 0 bridgehead atoms. The Morgan fingerprint density at radius 3 is 2.35 bits per heavy atom. The fourth-order valence-electron chi connectivity index (χ4n) is 3.11. The number of piperidine rings is 1. The summed E-state index contributed by atoms with van der Waals surface area (Å²) in [6.07, 6.45) is 1.47. The lowest BCUT2D eigenvalue weighted by molar-refractivity contribution is -0.136. The van der Waals surface area contributed by atoms with Crippen LogP contribution in [-0.2, 0) is 19.6 Å². The molecule has 7 nitrogen and oxygen atoms in total. The van der Waals surface area contributed by atoms with Crippen molar-refractivity contribution in [3.63, 3.8) is 0 Å². The quantitative estimate of drug-likeness (QED) is 0.633. The Bertz CT molecular complexity index is 683. The van der Waals surface area contributed by atoms with E-state index in [0.717, 1.165) is 31.5 Å². The Morgan fingerprint density at radius 2 is 1.85 bits per heavy atom. The van der Waals surface area contributed by atoms with Gasteiger partial charge in [0.1, 0.15) is 0 Å².